The van der Waals surface area contributed by atoms with E-state index in [1.807, 2.05) is 0 Å². The molecular weight excluding hydrogens is 220 g/mol. The van der Waals surface area contributed by atoms with Gasteiger partial charge in [0, 0.05) is 29.8 Å². The number of benzene rings is 2. The van der Waals surface area contributed by atoms with Crippen molar-refractivity contribution in [2.75, 3.05) is 0 Å². The van der Waals surface area contributed by atoms with Gasteiger partial charge >= 0.3 is 0 Å². The van der Waals surface area contributed by atoms with E-state index in [0.29, 0.717) is 0 Å². The molecule has 1 heteroatoms. The second-order valence-corrected chi connectivity index (χ2v) is 10.4. The first-order valence-electron chi connectivity index (χ1n) is 6.07. The number of rotatable bonds is 3. The molecule has 2 rings (SSSR count). The lowest BCUT2D eigenvalue weighted by Gasteiger charge is -2.24. The highest BCUT2D eigenvalue weighted by atomic mass is 28.3. The van der Waals surface area contributed by atoms with Crippen LogP contribution in [0.25, 0.3) is 0 Å². The number of hydrogen-bond acceptors (Lipinski definition) is 0. The molecule has 0 aliphatic carbocycles. The summed E-state index contributed by atoms with van der Waals surface area (Å²) in [6.45, 7) is 7.22. The van der Waals surface area contributed by atoms with Gasteiger partial charge in [-0.3, -0.25) is 0 Å². The molecule has 0 saturated carbocycles. The Bertz CT molecular complexity index is 414. The van der Waals surface area contributed by atoms with E-state index < -0.39 is 8.07 Å². The predicted octanol–water partition coefficient (Wildman–Crippen LogP) is 4.53. The third kappa shape index (κ3) is 2.80. The van der Waals surface area contributed by atoms with Crippen LogP contribution in [0.5, 0.6) is 0 Å². The molecule has 0 aliphatic rings. The van der Waals surface area contributed by atoms with E-state index in [-0.39, 0.29) is 0 Å². The zero-order valence-electron chi connectivity index (χ0n) is 10.8. The molecule has 0 N–H and O–H groups in total. The molecule has 0 heterocycles. The minimum atomic E-state index is -1.35. The Morgan fingerprint density at radius 3 is 1.29 bits per heavy atom. The van der Waals surface area contributed by atoms with Gasteiger partial charge in [-0.05, 0) is 36.4 Å². The summed E-state index contributed by atoms with van der Waals surface area (Å²) >= 11 is 0. The van der Waals surface area contributed by atoms with Crippen LogP contribution in [-0.2, 0) is 0 Å². The van der Waals surface area contributed by atoms with Crippen LogP contribution in [0.2, 0.25) is 19.6 Å². The largest absolute Gasteiger partial charge is 0.121 e. The summed E-state index contributed by atoms with van der Waals surface area (Å²) in [5.41, 5.74) is 4.29. The molecule has 0 nitrogen and oxygen atoms in total. The maximum Gasteiger partial charge on any atom is 0.121 e. The summed E-state index contributed by atoms with van der Waals surface area (Å²) in [6.07, 6.45) is 0. The first-order chi connectivity index (χ1) is 8.09. The summed E-state index contributed by atoms with van der Waals surface area (Å²) in [7, 11) is -1.35. The minimum Gasteiger partial charge on any atom is -0.0585 e. The van der Waals surface area contributed by atoms with Crippen molar-refractivity contribution >= 4 is 8.07 Å². The molecule has 0 saturated heterocycles. The Labute approximate surface area is 105 Å². The fraction of sp³-hybridized carbons (Fsp3) is 0.188. The van der Waals surface area contributed by atoms with Crippen LogP contribution in [-0.4, -0.2) is 8.07 Å². The lowest BCUT2D eigenvalue weighted by atomic mass is 10.0. The van der Waals surface area contributed by atoms with Gasteiger partial charge in [-0.15, -0.1) is 0 Å². The molecule has 0 unspecified atom stereocenters. The Morgan fingerprint density at radius 2 is 1.00 bits per heavy atom. The second kappa shape index (κ2) is 4.80. The molecule has 0 aliphatic heterocycles. The van der Waals surface area contributed by atoms with Crippen LogP contribution in [0, 0.1) is 5.54 Å². The molecule has 0 fully saturated rings. The van der Waals surface area contributed by atoms with Crippen molar-refractivity contribution in [2.24, 2.45) is 0 Å². The van der Waals surface area contributed by atoms with E-state index in [1.54, 1.807) is 5.54 Å². The quantitative estimate of drug-likeness (QED) is 0.545. The molecule has 0 spiro atoms. The highest BCUT2D eigenvalue weighted by molar-refractivity contribution is 6.83. The SMILES string of the molecule is C[Si](C)(C)[C+](c1ccccc1)c1ccccc1. The summed E-state index contributed by atoms with van der Waals surface area (Å²) in [4.78, 5) is 0. The Hall–Kier alpha value is -1.47. The van der Waals surface area contributed by atoms with Gasteiger partial charge in [-0.2, -0.15) is 0 Å². The van der Waals surface area contributed by atoms with Gasteiger partial charge in [0.15, 0.2) is 0 Å². The lowest BCUT2D eigenvalue weighted by Crippen LogP contribution is -2.32. The molecule has 0 bridgehead atoms. The molecule has 0 aromatic heterocycles. The molecule has 86 valence electrons. The van der Waals surface area contributed by atoms with Crippen molar-refractivity contribution in [3.8, 4) is 0 Å². The lowest BCUT2D eigenvalue weighted by molar-refractivity contribution is 1.31. The summed E-state index contributed by atoms with van der Waals surface area (Å²) in [5, 5.41) is 0. The first-order valence-corrected chi connectivity index (χ1v) is 9.57. The van der Waals surface area contributed by atoms with Gasteiger partial charge in [0.2, 0.25) is 0 Å². The molecule has 0 amide bonds. The van der Waals surface area contributed by atoms with E-state index in [4.69, 9.17) is 0 Å². The average molecular weight is 239 g/mol. The molecule has 2 aromatic rings. The normalized spacial score (nSPS) is 11.2. The van der Waals surface area contributed by atoms with Gasteiger partial charge in [0.1, 0.15) is 8.07 Å². The summed E-state index contributed by atoms with van der Waals surface area (Å²) < 4.78 is 0. The summed E-state index contributed by atoms with van der Waals surface area (Å²) in [6, 6.07) is 21.5. The Balaban J connectivity index is 2.48. The highest BCUT2D eigenvalue weighted by Crippen LogP contribution is 2.32. The Kier molecular flexibility index (Phi) is 3.39. The minimum absolute atomic E-state index is 1.35. The first kappa shape index (κ1) is 12.0. The molecular formula is C16H19Si+. The van der Waals surface area contributed by atoms with Crippen LogP contribution in [0.4, 0.5) is 0 Å². The van der Waals surface area contributed by atoms with Gasteiger partial charge in [0.25, 0.3) is 0 Å². The molecule has 0 atom stereocenters. The van der Waals surface area contributed by atoms with Crippen molar-refractivity contribution in [1.82, 2.24) is 0 Å². The third-order valence-corrected chi connectivity index (χ3v) is 4.95. The van der Waals surface area contributed by atoms with Crippen LogP contribution in [0.15, 0.2) is 60.7 Å². The fourth-order valence-electron chi connectivity index (χ4n) is 2.24. The van der Waals surface area contributed by atoms with Crippen LogP contribution >= 0.6 is 0 Å². The van der Waals surface area contributed by atoms with Gasteiger partial charge in [-0.1, -0.05) is 19.6 Å². The van der Waals surface area contributed by atoms with E-state index in [2.05, 4.69) is 80.3 Å². The fourth-order valence-corrected chi connectivity index (χ4v) is 4.31. The Morgan fingerprint density at radius 1 is 0.647 bits per heavy atom. The van der Waals surface area contributed by atoms with E-state index in [9.17, 15) is 0 Å². The van der Waals surface area contributed by atoms with E-state index in [0.717, 1.165) is 0 Å². The van der Waals surface area contributed by atoms with E-state index in [1.165, 1.54) is 11.1 Å². The van der Waals surface area contributed by atoms with Crippen molar-refractivity contribution < 1.29 is 0 Å². The summed E-state index contributed by atoms with van der Waals surface area (Å²) in [5.74, 6) is 0. The van der Waals surface area contributed by atoms with Gasteiger partial charge in [0.05, 0.1) is 11.1 Å². The monoisotopic (exact) mass is 239 g/mol. The van der Waals surface area contributed by atoms with Crippen molar-refractivity contribution in [1.29, 1.82) is 0 Å². The number of hydrogen-bond donors (Lipinski definition) is 0. The molecule has 2 aromatic carbocycles. The highest BCUT2D eigenvalue weighted by Gasteiger charge is 2.34. The maximum absolute atomic E-state index is 2.41. The standard InChI is InChI=1S/C16H19Si/c1-17(2,3)16(14-10-6-4-7-11-14)15-12-8-5-9-13-15/h4-13H,1-3H3/q+1. The second-order valence-electron chi connectivity index (χ2n) is 5.36. The van der Waals surface area contributed by atoms with Crippen molar-refractivity contribution in [3.05, 3.63) is 77.3 Å². The van der Waals surface area contributed by atoms with Crippen molar-refractivity contribution in [2.45, 2.75) is 19.6 Å². The zero-order valence-corrected chi connectivity index (χ0v) is 11.8. The molecule has 0 radical (unpaired) electrons. The van der Waals surface area contributed by atoms with Gasteiger partial charge in [-0.25, -0.2) is 0 Å². The van der Waals surface area contributed by atoms with Gasteiger partial charge < -0.3 is 0 Å². The smallest absolute Gasteiger partial charge is 0.0585 e. The van der Waals surface area contributed by atoms with Crippen molar-refractivity contribution in [3.63, 3.8) is 0 Å². The zero-order chi connectivity index (χ0) is 12.3. The average Bonchev–Trinajstić information content (AvgIpc) is 2.30. The van der Waals surface area contributed by atoms with Crippen LogP contribution < -0.4 is 0 Å². The topological polar surface area (TPSA) is 0 Å². The maximum atomic E-state index is 2.41. The van der Waals surface area contributed by atoms with Crippen LogP contribution in [0.1, 0.15) is 11.1 Å². The van der Waals surface area contributed by atoms with E-state index >= 15 is 0 Å². The third-order valence-electron chi connectivity index (χ3n) is 2.87. The predicted molar refractivity (Wildman–Crippen MR) is 77.7 cm³/mol. The van der Waals surface area contributed by atoms with Crippen LogP contribution in [0.3, 0.4) is 0 Å². The molecule has 17 heavy (non-hydrogen) atoms.